The molecule has 1 aromatic carbocycles. The van der Waals surface area contributed by atoms with Crippen molar-refractivity contribution in [2.24, 2.45) is 0 Å². The van der Waals surface area contributed by atoms with Crippen LogP contribution in [-0.4, -0.2) is 21.5 Å². The van der Waals surface area contributed by atoms with E-state index in [0.717, 1.165) is 41.7 Å². The van der Waals surface area contributed by atoms with Crippen molar-refractivity contribution in [3.8, 4) is 0 Å². The summed E-state index contributed by atoms with van der Waals surface area (Å²) < 4.78 is 26.5. The van der Waals surface area contributed by atoms with Gasteiger partial charge < -0.3 is 10.2 Å². The van der Waals surface area contributed by atoms with E-state index in [-0.39, 0.29) is 0 Å². The van der Waals surface area contributed by atoms with Gasteiger partial charge in [-0.3, -0.25) is 0 Å². The fourth-order valence-electron chi connectivity index (χ4n) is 3.17. The highest BCUT2D eigenvalue weighted by Gasteiger charge is 2.22. The summed E-state index contributed by atoms with van der Waals surface area (Å²) >= 11 is 0. The summed E-state index contributed by atoms with van der Waals surface area (Å²) in [6.07, 6.45) is 4.19. The molecule has 1 N–H and O–H groups in total. The number of nitrogens with zero attached hydrogens (tertiary/aromatic N) is 4. The first-order valence-corrected chi connectivity index (χ1v) is 8.78. The Morgan fingerprint density at radius 1 is 1.07 bits per heavy atom. The van der Waals surface area contributed by atoms with Crippen molar-refractivity contribution in [3.05, 3.63) is 76.9 Å². The van der Waals surface area contributed by atoms with Crippen LogP contribution in [0.2, 0.25) is 0 Å². The highest BCUT2D eigenvalue weighted by molar-refractivity contribution is 5.52. The molecule has 0 radical (unpaired) electrons. The van der Waals surface area contributed by atoms with Gasteiger partial charge in [0.2, 0.25) is 0 Å². The van der Waals surface area contributed by atoms with E-state index in [9.17, 15) is 8.78 Å². The molecule has 1 aliphatic heterocycles. The lowest BCUT2D eigenvalue weighted by molar-refractivity contribution is 0.507. The van der Waals surface area contributed by atoms with E-state index in [1.807, 2.05) is 25.3 Å². The van der Waals surface area contributed by atoms with Crippen molar-refractivity contribution < 1.29 is 8.78 Å². The molecule has 0 saturated heterocycles. The van der Waals surface area contributed by atoms with Gasteiger partial charge in [0.05, 0.1) is 5.69 Å². The molecule has 0 atom stereocenters. The molecule has 0 bridgehead atoms. The van der Waals surface area contributed by atoms with Gasteiger partial charge in [-0.25, -0.2) is 23.7 Å². The Labute approximate surface area is 156 Å². The Hall–Kier alpha value is -3.09. The van der Waals surface area contributed by atoms with Crippen molar-refractivity contribution in [2.45, 2.75) is 26.4 Å². The Bertz CT molecular complexity index is 959. The molecule has 0 unspecified atom stereocenters. The number of aryl methyl sites for hydroxylation is 1. The molecule has 0 amide bonds. The largest absolute Gasteiger partial charge is 0.366 e. The normalized spacial score (nSPS) is 13.4. The zero-order chi connectivity index (χ0) is 18.8. The minimum absolute atomic E-state index is 0.351. The Kier molecular flexibility index (Phi) is 4.66. The lowest BCUT2D eigenvalue weighted by Gasteiger charge is -2.30. The third-order valence-corrected chi connectivity index (χ3v) is 4.67. The van der Waals surface area contributed by atoms with Gasteiger partial charge in [0.1, 0.15) is 18.0 Å². The van der Waals surface area contributed by atoms with E-state index >= 15 is 0 Å². The monoisotopic (exact) mass is 367 g/mol. The van der Waals surface area contributed by atoms with Crippen molar-refractivity contribution >= 4 is 11.6 Å². The van der Waals surface area contributed by atoms with Crippen LogP contribution in [-0.2, 0) is 19.5 Å². The Morgan fingerprint density at radius 2 is 1.96 bits per heavy atom. The molecule has 4 rings (SSSR count). The summed E-state index contributed by atoms with van der Waals surface area (Å²) in [5.41, 5.74) is 3.78. The van der Waals surface area contributed by atoms with Crippen molar-refractivity contribution in [2.75, 3.05) is 16.8 Å². The SMILES string of the molecule is Cc1ccc(N2CCc3ncnc(NCc4ccc(F)c(F)c4)c3C2)nc1. The van der Waals surface area contributed by atoms with Crippen molar-refractivity contribution in [3.63, 3.8) is 0 Å². The molecule has 7 heteroatoms. The first-order valence-electron chi connectivity index (χ1n) is 8.78. The zero-order valence-electron chi connectivity index (χ0n) is 14.9. The highest BCUT2D eigenvalue weighted by Crippen LogP contribution is 2.26. The molecule has 138 valence electrons. The van der Waals surface area contributed by atoms with Gasteiger partial charge in [0.25, 0.3) is 0 Å². The molecule has 0 saturated carbocycles. The van der Waals surface area contributed by atoms with E-state index < -0.39 is 11.6 Å². The van der Waals surface area contributed by atoms with Crippen LogP contribution < -0.4 is 10.2 Å². The Balaban J connectivity index is 1.54. The highest BCUT2D eigenvalue weighted by atomic mass is 19.2. The number of benzene rings is 1. The second-order valence-corrected chi connectivity index (χ2v) is 6.61. The molecule has 3 heterocycles. The first kappa shape index (κ1) is 17.3. The number of aromatic nitrogens is 3. The first-order chi connectivity index (χ1) is 13.1. The topological polar surface area (TPSA) is 53.9 Å². The standard InChI is InChI=1S/C20H19F2N5/c1-13-2-5-19(23-9-13)27-7-6-18-15(11-27)20(26-12-25-18)24-10-14-3-4-16(21)17(22)8-14/h2-5,8-9,12H,6-7,10-11H2,1H3,(H,24,25,26). The fraction of sp³-hybridized carbons (Fsp3) is 0.250. The minimum Gasteiger partial charge on any atom is -0.366 e. The van der Waals surface area contributed by atoms with Crippen molar-refractivity contribution in [1.29, 1.82) is 0 Å². The summed E-state index contributed by atoms with van der Waals surface area (Å²) in [5, 5.41) is 3.23. The number of halogens is 2. The minimum atomic E-state index is -0.851. The lowest BCUT2D eigenvalue weighted by Crippen LogP contribution is -2.32. The molecule has 1 aliphatic rings. The van der Waals surface area contributed by atoms with Crippen molar-refractivity contribution in [1.82, 2.24) is 15.0 Å². The smallest absolute Gasteiger partial charge is 0.159 e. The van der Waals surface area contributed by atoms with Crippen LogP contribution in [0.1, 0.15) is 22.4 Å². The Morgan fingerprint density at radius 3 is 2.74 bits per heavy atom. The average Bonchev–Trinajstić information content (AvgIpc) is 2.69. The van der Waals surface area contributed by atoms with E-state index in [2.05, 4.69) is 25.2 Å². The summed E-state index contributed by atoms with van der Waals surface area (Å²) in [7, 11) is 0. The number of nitrogens with one attached hydrogen (secondary N) is 1. The number of pyridine rings is 1. The van der Waals surface area contributed by atoms with Gasteiger partial charge in [0, 0.05) is 37.8 Å². The number of rotatable bonds is 4. The third-order valence-electron chi connectivity index (χ3n) is 4.67. The van der Waals surface area contributed by atoms with Crippen LogP contribution in [0.15, 0.2) is 42.9 Å². The van der Waals surface area contributed by atoms with E-state index in [0.29, 0.717) is 24.5 Å². The third kappa shape index (κ3) is 3.72. The molecule has 27 heavy (non-hydrogen) atoms. The molecule has 5 nitrogen and oxygen atoms in total. The maximum Gasteiger partial charge on any atom is 0.159 e. The predicted molar refractivity (Wildman–Crippen MR) is 99.4 cm³/mol. The molecule has 0 aliphatic carbocycles. The molecular weight excluding hydrogens is 348 g/mol. The summed E-state index contributed by atoms with van der Waals surface area (Å²) in [6.45, 7) is 3.84. The van der Waals surface area contributed by atoms with Gasteiger partial charge in [-0.2, -0.15) is 0 Å². The maximum absolute atomic E-state index is 13.4. The molecule has 0 fully saturated rings. The van der Waals surface area contributed by atoms with Crippen LogP contribution in [0.4, 0.5) is 20.4 Å². The van der Waals surface area contributed by atoms with E-state index in [4.69, 9.17) is 0 Å². The predicted octanol–water partition coefficient (Wildman–Crippen LogP) is 3.63. The second kappa shape index (κ2) is 7.26. The number of anilines is 2. The van der Waals surface area contributed by atoms with Gasteiger partial charge in [-0.05, 0) is 36.2 Å². The van der Waals surface area contributed by atoms with E-state index in [1.54, 1.807) is 6.07 Å². The van der Waals surface area contributed by atoms with Gasteiger partial charge >= 0.3 is 0 Å². The maximum atomic E-state index is 13.4. The summed E-state index contributed by atoms with van der Waals surface area (Å²) in [6, 6.07) is 7.94. The summed E-state index contributed by atoms with van der Waals surface area (Å²) in [4.78, 5) is 15.4. The molecule has 0 spiro atoms. The molecule has 2 aromatic heterocycles. The van der Waals surface area contributed by atoms with Gasteiger partial charge in [-0.1, -0.05) is 12.1 Å². The number of fused-ring (bicyclic) bond motifs is 1. The average molecular weight is 367 g/mol. The zero-order valence-corrected chi connectivity index (χ0v) is 14.9. The summed E-state index contributed by atoms with van der Waals surface area (Å²) in [5.74, 6) is -0.0711. The van der Waals surface area contributed by atoms with Gasteiger partial charge in [0.15, 0.2) is 11.6 Å². The van der Waals surface area contributed by atoms with Crippen LogP contribution in [0, 0.1) is 18.6 Å². The lowest BCUT2D eigenvalue weighted by atomic mass is 10.1. The van der Waals surface area contributed by atoms with Crippen LogP contribution in [0.3, 0.4) is 0 Å². The van der Waals surface area contributed by atoms with Crippen LogP contribution in [0.25, 0.3) is 0 Å². The van der Waals surface area contributed by atoms with Crippen LogP contribution >= 0.6 is 0 Å². The van der Waals surface area contributed by atoms with Gasteiger partial charge in [-0.15, -0.1) is 0 Å². The fourth-order valence-corrected chi connectivity index (χ4v) is 3.17. The van der Waals surface area contributed by atoms with Crippen LogP contribution in [0.5, 0.6) is 0 Å². The molecule has 3 aromatic rings. The second-order valence-electron chi connectivity index (χ2n) is 6.61. The van der Waals surface area contributed by atoms with E-state index in [1.165, 1.54) is 12.4 Å². The molecular formula is C20H19F2N5. The number of hydrogen-bond donors (Lipinski definition) is 1. The number of hydrogen-bond acceptors (Lipinski definition) is 5. The quantitative estimate of drug-likeness (QED) is 0.763.